The van der Waals surface area contributed by atoms with Gasteiger partial charge < -0.3 is 18.6 Å². The molecule has 1 heterocycles. The van der Waals surface area contributed by atoms with Crippen LogP contribution in [0.5, 0.6) is 17.2 Å². The number of rotatable bonds is 6. The fourth-order valence-corrected chi connectivity index (χ4v) is 3.52. The third-order valence-electron chi connectivity index (χ3n) is 4.87. The molecular formula is C24H23NO4. The fourth-order valence-electron chi connectivity index (χ4n) is 3.52. The van der Waals surface area contributed by atoms with Gasteiger partial charge in [0.15, 0.2) is 23.0 Å². The normalized spacial score (nSPS) is 10.9. The highest BCUT2D eigenvalue weighted by atomic mass is 16.5. The van der Waals surface area contributed by atoms with Crippen LogP contribution < -0.4 is 14.2 Å². The van der Waals surface area contributed by atoms with Gasteiger partial charge in [-0.25, -0.2) is 4.98 Å². The molecule has 0 bridgehead atoms. The van der Waals surface area contributed by atoms with Gasteiger partial charge in [0, 0.05) is 12.0 Å². The lowest BCUT2D eigenvalue weighted by Crippen LogP contribution is -1.97. The van der Waals surface area contributed by atoms with Gasteiger partial charge in [-0.1, -0.05) is 42.0 Å². The fraction of sp³-hybridized carbons (Fsp3) is 0.208. The van der Waals surface area contributed by atoms with Gasteiger partial charge in [-0.2, -0.15) is 0 Å². The Morgan fingerprint density at radius 2 is 1.59 bits per heavy atom. The van der Waals surface area contributed by atoms with Crippen LogP contribution in [0, 0.1) is 6.92 Å². The Kier molecular flexibility index (Phi) is 5.12. The van der Waals surface area contributed by atoms with Gasteiger partial charge in [0.2, 0.25) is 5.75 Å². The third kappa shape index (κ3) is 3.63. The number of hydrogen-bond acceptors (Lipinski definition) is 5. The maximum Gasteiger partial charge on any atom is 0.203 e. The first-order valence-electron chi connectivity index (χ1n) is 9.37. The lowest BCUT2D eigenvalue weighted by molar-refractivity contribution is 0.324. The number of benzene rings is 3. The number of para-hydroxylation sites is 1. The van der Waals surface area contributed by atoms with Gasteiger partial charge in [0.05, 0.1) is 21.3 Å². The molecule has 0 unspecified atom stereocenters. The predicted molar refractivity (Wildman–Crippen MR) is 113 cm³/mol. The molecule has 0 aliphatic heterocycles. The van der Waals surface area contributed by atoms with Crippen molar-refractivity contribution in [1.29, 1.82) is 0 Å². The Labute approximate surface area is 169 Å². The van der Waals surface area contributed by atoms with Crippen molar-refractivity contribution in [2.75, 3.05) is 21.3 Å². The van der Waals surface area contributed by atoms with E-state index in [4.69, 9.17) is 23.6 Å². The van der Waals surface area contributed by atoms with Crippen molar-refractivity contribution in [1.82, 2.24) is 4.98 Å². The predicted octanol–water partition coefficient (Wildman–Crippen LogP) is 5.42. The molecule has 0 amide bonds. The first-order valence-corrected chi connectivity index (χ1v) is 9.37. The summed E-state index contributed by atoms with van der Waals surface area (Å²) in [7, 11) is 4.80. The van der Waals surface area contributed by atoms with Crippen molar-refractivity contribution < 1.29 is 18.6 Å². The van der Waals surface area contributed by atoms with E-state index in [-0.39, 0.29) is 0 Å². The summed E-state index contributed by atoms with van der Waals surface area (Å²) >= 11 is 0. The van der Waals surface area contributed by atoms with E-state index in [1.807, 2.05) is 24.3 Å². The van der Waals surface area contributed by atoms with E-state index in [9.17, 15) is 0 Å². The number of methoxy groups -OCH3 is 3. The van der Waals surface area contributed by atoms with Crippen LogP contribution in [-0.4, -0.2) is 26.3 Å². The topological polar surface area (TPSA) is 53.7 Å². The van der Waals surface area contributed by atoms with E-state index in [1.165, 1.54) is 5.56 Å². The lowest BCUT2D eigenvalue weighted by Gasteiger charge is -2.13. The quantitative estimate of drug-likeness (QED) is 0.441. The smallest absolute Gasteiger partial charge is 0.203 e. The molecule has 0 saturated carbocycles. The van der Waals surface area contributed by atoms with E-state index in [0.29, 0.717) is 29.6 Å². The van der Waals surface area contributed by atoms with Crippen molar-refractivity contribution in [3.8, 4) is 28.4 Å². The van der Waals surface area contributed by atoms with Crippen LogP contribution in [0.1, 0.15) is 17.0 Å². The number of aromatic nitrogens is 1. The van der Waals surface area contributed by atoms with E-state index >= 15 is 0 Å². The number of oxazole rings is 1. The first-order chi connectivity index (χ1) is 14.1. The molecule has 4 aromatic rings. The summed E-state index contributed by atoms with van der Waals surface area (Å²) in [5, 5.41) is 0. The molecule has 0 aliphatic rings. The van der Waals surface area contributed by atoms with Crippen LogP contribution in [0.15, 0.2) is 59.0 Å². The SMILES string of the molecule is COc1cc(Cc2nc3cccc(-c4cccc(C)c4)c3o2)cc(OC)c1OC. The minimum absolute atomic E-state index is 0.513. The molecule has 148 valence electrons. The maximum atomic E-state index is 6.18. The molecule has 0 aliphatic carbocycles. The largest absolute Gasteiger partial charge is 0.493 e. The molecule has 3 aromatic carbocycles. The second-order valence-corrected chi connectivity index (χ2v) is 6.84. The summed E-state index contributed by atoms with van der Waals surface area (Å²) in [6.45, 7) is 2.08. The Morgan fingerprint density at radius 1 is 0.862 bits per heavy atom. The molecule has 0 fully saturated rings. The van der Waals surface area contributed by atoms with Crippen molar-refractivity contribution >= 4 is 11.1 Å². The summed E-state index contributed by atoms with van der Waals surface area (Å²) < 4.78 is 22.5. The highest BCUT2D eigenvalue weighted by Crippen LogP contribution is 2.39. The minimum atomic E-state index is 0.513. The molecule has 4 rings (SSSR count). The van der Waals surface area contributed by atoms with Crippen molar-refractivity contribution in [3.63, 3.8) is 0 Å². The number of aryl methyl sites for hydroxylation is 1. The van der Waals surface area contributed by atoms with E-state index < -0.39 is 0 Å². The molecule has 5 heteroatoms. The van der Waals surface area contributed by atoms with Gasteiger partial charge in [-0.05, 0) is 36.2 Å². The standard InChI is InChI=1S/C24H23NO4/c1-15-7-5-8-17(11-15)18-9-6-10-19-23(18)29-22(25-19)14-16-12-20(26-2)24(28-4)21(13-16)27-3/h5-13H,14H2,1-4H3. The Bertz CT molecular complexity index is 1140. The molecule has 0 saturated heterocycles. The van der Waals surface area contributed by atoms with E-state index in [0.717, 1.165) is 27.8 Å². The third-order valence-corrected chi connectivity index (χ3v) is 4.87. The van der Waals surface area contributed by atoms with Crippen LogP contribution in [0.4, 0.5) is 0 Å². The highest BCUT2D eigenvalue weighted by Gasteiger charge is 2.16. The van der Waals surface area contributed by atoms with Crippen molar-refractivity contribution in [2.24, 2.45) is 0 Å². The summed E-state index contributed by atoms with van der Waals surface area (Å²) in [4.78, 5) is 4.69. The molecular weight excluding hydrogens is 366 g/mol. The second kappa shape index (κ2) is 7.87. The van der Waals surface area contributed by atoms with Crippen molar-refractivity contribution in [2.45, 2.75) is 13.3 Å². The van der Waals surface area contributed by atoms with Crippen LogP contribution in [-0.2, 0) is 6.42 Å². The zero-order chi connectivity index (χ0) is 20.4. The average molecular weight is 389 g/mol. The second-order valence-electron chi connectivity index (χ2n) is 6.84. The molecule has 29 heavy (non-hydrogen) atoms. The van der Waals surface area contributed by atoms with Gasteiger partial charge in [0.1, 0.15) is 5.52 Å². The highest BCUT2D eigenvalue weighted by molar-refractivity contribution is 5.90. The first kappa shape index (κ1) is 18.9. The Morgan fingerprint density at radius 3 is 2.24 bits per heavy atom. The zero-order valence-corrected chi connectivity index (χ0v) is 17.0. The Balaban J connectivity index is 1.74. The van der Waals surface area contributed by atoms with Crippen LogP contribution >= 0.6 is 0 Å². The zero-order valence-electron chi connectivity index (χ0n) is 17.0. The van der Waals surface area contributed by atoms with Crippen LogP contribution in [0.2, 0.25) is 0 Å². The number of hydrogen-bond donors (Lipinski definition) is 0. The number of ether oxygens (including phenoxy) is 3. The van der Waals surface area contributed by atoms with Gasteiger partial charge >= 0.3 is 0 Å². The van der Waals surface area contributed by atoms with Crippen LogP contribution in [0.3, 0.4) is 0 Å². The molecule has 5 nitrogen and oxygen atoms in total. The molecule has 1 aromatic heterocycles. The molecule has 0 spiro atoms. The van der Waals surface area contributed by atoms with Gasteiger partial charge in [-0.15, -0.1) is 0 Å². The molecule has 0 N–H and O–H groups in total. The summed E-state index contributed by atoms with van der Waals surface area (Å²) in [6, 6.07) is 18.2. The minimum Gasteiger partial charge on any atom is -0.493 e. The lowest BCUT2D eigenvalue weighted by atomic mass is 10.0. The monoisotopic (exact) mass is 389 g/mol. The molecule has 0 radical (unpaired) electrons. The Hall–Kier alpha value is -3.47. The summed E-state index contributed by atoms with van der Waals surface area (Å²) in [6.07, 6.45) is 0.513. The van der Waals surface area contributed by atoms with E-state index in [2.05, 4.69) is 37.3 Å². The summed E-state index contributed by atoms with van der Waals surface area (Å²) in [5.41, 5.74) is 5.95. The van der Waals surface area contributed by atoms with E-state index in [1.54, 1.807) is 21.3 Å². The van der Waals surface area contributed by atoms with Crippen LogP contribution in [0.25, 0.3) is 22.2 Å². The average Bonchev–Trinajstić information content (AvgIpc) is 3.15. The number of nitrogens with zero attached hydrogens (tertiary/aromatic N) is 1. The summed E-state index contributed by atoms with van der Waals surface area (Å²) in [5.74, 6) is 2.42. The maximum absolute atomic E-state index is 6.18. The molecule has 0 atom stereocenters. The number of fused-ring (bicyclic) bond motifs is 1. The van der Waals surface area contributed by atoms with Gasteiger partial charge in [0.25, 0.3) is 0 Å². The van der Waals surface area contributed by atoms with Crippen molar-refractivity contribution in [3.05, 3.63) is 71.6 Å². The van der Waals surface area contributed by atoms with Gasteiger partial charge in [-0.3, -0.25) is 0 Å².